The summed E-state index contributed by atoms with van der Waals surface area (Å²) in [5.41, 5.74) is 1.80. The first kappa shape index (κ1) is 19.1. The fourth-order valence-corrected chi connectivity index (χ4v) is 5.03. The number of fused-ring (bicyclic) bond motifs is 2. The van der Waals surface area contributed by atoms with Crippen molar-refractivity contribution in [3.05, 3.63) is 48.2 Å². The van der Waals surface area contributed by atoms with Crippen LogP contribution in [0.3, 0.4) is 0 Å². The molecule has 2 aromatic rings. The van der Waals surface area contributed by atoms with Gasteiger partial charge in [0.15, 0.2) is 5.82 Å². The Hall–Kier alpha value is -2.93. The number of carbonyl (C=O) groups excluding carboxylic acids is 2. The summed E-state index contributed by atoms with van der Waals surface area (Å²) in [6, 6.07) is 10.6. The molecule has 7 heteroatoms. The van der Waals surface area contributed by atoms with Crippen LogP contribution in [-0.2, 0) is 0 Å². The molecular weight excluding hydrogens is 378 g/mol. The van der Waals surface area contributed by atoms with Gasteiger partial charge in [0.05, 0.1) is 16.9 Å². The first-order chi connectivity index (χ1) is 14.5. The highest BCUT2D eigenvalue weighted by molar-refractivity contribution is 6.16. The lowest BCUT2D eigenvalue weighted by Crippen LogP contribution is -2.62. The number of urea groups is 1. The molecule has 3 amide bonds. The third kappa shape index (κ3) is 3.13. The number of aromatic nitrogens is 1. The van der Waals surface area contributed by atoms with Crippen molar-refractivity contribution in [3.63, 3.8) is 0 Å². The van der Waals surface area contributed by atoms with Gasteiger partial charge < -0.3 is 15.1 Å². The third-order valence-electron chi connectivity index (χ3n) is 6.29. The lowest BCUT2D eigenvalue weighted by Gasteiger charge is -2.49. The number of anilines is 3. The van der Waals surface area contributed by atoms with Gasteiger partial charge in [0.1, 0.15) is 0 Å². The number of nitrogens with one attached hydrogen (secondary N) is 1. The highest BCUT2D eigenvalue weighted by Crippen LogP contribution is 2.43. The van der Waals surface area contributed by atoms with Crippen LogP contribution in [0, 0.1) is 11.3 Å². The maximum atomic E-state index is 13.6. The minimum atomic E-state index is -0.227. The minimum absolute atomic E-state index is 0.119. The van der Waals surface area contributed by atoms with Crippen LogP contribution in [0.1, 0.15) is 30.6 Å². The highest BCUT2D eigenvalue weighted by atomic mass is 16.2. The quantitative estimate of drug-likeness (QED) is 0.829. The predicted octanol–water partition coefficient (Wildman–Crippen LogP) is 3.57. The summed E-state index contributed by atoms with van der Waals surface area (Å²) < 4.78 is 0. The molecule has 2 fully saturated rings. The van der Waals surface area contributed by atoms with E-state index in [1.165, 1.54) is 0 Å². The first-order valence-electron chi connectivity index (χ1n) is 10.6. The van der Waals surface area contributed by atoms with Crippen molar-refractivity contribution in [3.8, 4) is 0 Å². The molecule has 0 bridgehead atoms. The van der Waals surface area contributed by atoms with Gasteiger partial charge >= 0.3 is 6.03 Å². The molecule has 0 radical (unpaired) electrons. The van der Waals surface area contributed by atoms with Crippen LogP contribution >= 0.6 is 0 Å². The number of hydrogen-bond donors (Lipinski definition) is 1. The van der Waals surface area contributed by atoms with E-state index in [2.05, 4.69) is 29.0 Å². The van der Waals surface area contributed by atoms with Crippen LogP contribution < -0.4 is 10.2 Å². The van der Waals surface area contributed by atoms with E-state index >= 15 is 0 Å². The summed E-state index contributed by atoms with van der Waals surface area (Å²) in [6.07, 6.45) is 2.78. The zero-order valence-electron chi connectivity index (χ0n) is 17.5. The molecule has 0 unspecified atom stereocenters. The number of para-hydroxylation sites is 1. The Morgan fingerprint density at radius 2 is 1.97 bits per heavy atom. The van der Waals surface area contributed by atoms with Crippen LogP contribution in [0.15, 0.2) is 42.6 Å². The SMILES string of the molecule is CC(C)CN1CCC2(C1)CN(C(=O)N1c3ccccc3C(=O)Nc3cccnc31)C2. The molecule has 1 aromatic heterocycles. The number of hydrogen-bond acceptors (Lipinski definition) is 4. The van der Waals surface area contributed by atoms with Crippen molar-refractivity contribution in [2.75, 3.05) is 42.9 Å². The molecule has 4 heterocycles. The topological polar surface area (TPSA) is 68.8 Å². The van der Waals surface area contributed by atoms with Crippen LogP contribution in [0.25, 0.3) is 0 Å². The fourth-order valence-electron chi connectivity index (χ4n) is 5.03. The first-order valence-corrected chi connectivity index (χ1v) is 10.6. The van der Waals surface area contributed by atoms with Gasteiger partial charge in [-0.3, -0.25) is 4.79 Å². The summed E-state index contributed by atoms with van der Waals surface area (Å²) in [4.78, 5) is 36.8. The second-order valence-electron chi connectivity index (χ2n) is 9.20. The lowest BCUT2D eigenvalue weighted by atomic mass is 9.79. The Bertz CT molecular complexity index is 999. The minimum Gasteiger partial charge on any atom is -0.323 e. The summed E-state index contributed by atoms with van der Waals surface area (Å²) in [6.45, 7) is 9.28. The summed E-state index contributed by atoms with van der Waals surface area (Å²) in [5.74, 6) is 0.893. The number of nitrogens with zero attached hydrogens (tertiary/aromatic N) is 4. The normalized spacial score (nSPS) is 19.9. The number of likely N-dealkylation sites (tertiary alicyclic amines) is 2. The van der Waals surface area contributed by atoms with Gasteiger partial charge in [0, 0.05) is 37.8 Å². The van der Waals surface area contributed by atoms with E-state index in [1.807, 2.05) is 23.1 Å². The molecule has 3 aliphatic rings. The highest BCUT2D eigenvalue weighted by Gasteiger charge is 2.50. The molecule has 1 aromatic carbocycles. The van der Waals surface area contributed by atoms with Gasteiger partial charge in [-0.25, -0.2) is 14.7 Å². The number of pyridine rings is 1. The molecule has 30 heavy (non-hydrogen) atoms. The predicted molar refractivity (Wildman–Crippen MR) is 116 cm³/mol. The van der Waals surface area contributed by atoms with Gasteiger partial charge in [-0.2, -0.15) is 0 Å². The van der Waals surface area contributed by atoms with E-state index in [-0.39, 0.29) is 17.4 Å². The fraction of sp³-hybridized carbons (Fsp3) is 0.435. The average Bonchev–Trinajstić information content (AvgIpc) is 3.06. The molecule has 156 valence electrons. The largest absolute Gasteiger partial charge is 0.330 e. The smallest absolute Gasteiger partial charge is 0.323 e. The average molecular weight is 406 g/mol. The van der Waals surface area contributed by atoms with E-state index in [4.69, 9.17) is 0 Å². The van der Waals surface area contributed by atoms with Crippen molar-refractivity contribution in [2.24, 2.45) is 11.3 Å². The van der Waals surface area contributed by atoms with Crippen molar-refractivity contribution in [1.82, 2.24) is 14.8 Å². The van der Waals surface area contributed by atoms with Crippen molar-refractivity contribution in [2.45, 2.75) is 20.3 Å². The number of benzene rings is 1. The Morgan fingerprint density at radius 1 is 1.17 bits per heavy atom. The van der Waals surface area contributed by atoms with E-state index in [1.54, 1.807) is 29.3 Å². The Labute approximate surface area is 176 Å². The van der Waals surface area contributed by atoms with Crippen molar-refractivity contribution in [1.29, 1.82) is 0 Å². The molecule has 0 atom stereocenters. The van der Waals surface area contributed by atoms with E-state index < -0.39 is 0 Å². The molecule has 7 nitrogen and oxygen atoms in total. The second kappa shape index (κ2) is 7.09. The Balaban J connectivity index is 1.42. The van der Waals surface area contributed by atoms with E-state index in [0.29, 0.717) is 28.7 Å². The lowest BCUT2D eigenvalue weighted by molar-refractivity contribution is 0.0415. The van der Waals surface area contributed by atoms with E-state index in [0.717, 1.165) is 39.1 Å². The maximum Gasteiger partial charge on any atom is 0.330 e. The zero-order chi connectivity index (χ0) is 20.9. The molecule has 1 spiro atoms. The van der Waals surface area contributed by atoms with E-state index in [9.17, 15) is 9.59 Å². The van der Waals surface area contributed by atoms with Gasteiger partial charge in [0.25, 0.3) is 5.91 Å². The van der Waals surface area contributed by atoms with Crippen LogP contribution in [0.5, 0.6) is 0 Å². The second-order valence-corrected chi connectivity index (χ2v) is 9.20. The maximum absolute atomic E-state index is 13.6. The molecule has 1 N–H and O–H groups in total. The van der Waals surface area contributed by atoms with Gasteiger partial charge in [-0.05, 0) is 43.1 Å². The molecular formula is C23H27N5O2. The van der Waals surface area contributed by atoms with Gasteiger partial charge in [-0.15, -0.1) is 0 Å². The monoisotopic (exact) mass is 405 g/mol. The summed E-state index contributed by atoms with van der Waals surface area (Å²) in [5, 5.41) is 2.89. The van der Waals surface area contributed by atoms with Gasteiger partial charge in [-0.1, -0.05) is 26.0 Å². The van der Waals surface area contributed by atoms with Crippen LogP contribution in [-0.4, -0.2) is 59.4 Å². The Morgan fingerprint density at radius 3 is 2.77 bits per heavy atom. The summed E-state index contributed by atoms with van der Waals surface area (Å²) in [7, 11) is 0. The van der Waals surface area contributed by atoms with Crippen LogP contribution in [0.4, 0.5) is 22.0 Å². The number of rotatable bonds is 2. The van der Waals surface area contributed by atoms with Crippen molar-refractivity contribution >= 4 is 29.1 Å². The number of carbonyl (C=O) groups is 2. The molecule has 3 aliphatic heterocycles. The molecule has 2 saturated heterocycles. The standard InChI is InChI=1S/C23H27N5O2/c1-16(2)12-26-11-9-23(13-26)14-27(15-23)22(30)28-19-8-4-3-6-17(19)21(29)25-18-7-5-10-24-20(18)28/h3-8,10,16H,9,11-15H2,1-2H3,(H,25,29). The molecule has 5 rings (SSSR count). The molecule has 0 saturated carbocycles. The zero-order valence-corrected chi connectivity index (χ0v) is 17.5. The van der Waals surface area contributed by atoms with Crippen LogP contribution in [0.2, 0.25) is 0 Å². The van der Waals surface area contributed by atoms with Crippen molar-refractivity contribution < 1.29 is 9.59 Å². The Kier molecular flexibility index (Phi) is 4.50. The molecule has 0 aliphatic carbocycles. The number of amides is 3. The third-order valence-corrected chi connectivity index (χ3v) is 6.29. The van der Waals surface area contributed by atoms with Gasteiger partial charge in [0.2, 0.25) is 0 Å². The summed E-state index contributed by atoms with van der Waals surface area (Å²) >= 11 is 0.